The summed E-state index contributed by atoms with van der Waals surface area (Å²) >= 11 is 1.66. The van der Waals surface area contributed by atoms with Crippen LogP contribution in [0.4, 0.5) is 5.13 Å². The zero-order valence-corrected chi connectivity index (χ0v) is 11.8. The quantitative estimate of drug-likeness (QED) is 0.913. The molecule has 0 fully saturated rings. The van der Waals surface area contributed by atoms with Crippen molar-refractivity contribution in [2.45, 2.75) is 13.3 Å². The molecule has 19 heavy (non-hydrogen) atoms. The number of fused-ring (bicyclic) bond motifs is 1. The summed E-state index contributed by atoms with van der Waals surface area (Å²) in [7, 11) is 1.88. The van der Waals surface area contributed by atoms with Gasteiger partial charge >= 0.3 is 0 Å². The molecule has 5 heteroatoms. The molecule has 3 rings (SSSR count). The summed E-state index contributed by atoms with van der Waals surface area (Å²) in [5.74, 6) is 1.64. The fourth-order valence-electron chi connectivity index (χ4n) is 2.08. The molecule has 100 valence electrons. The lowest BCUT2D eigenvalue weighted by Crippen LogP contribution is -1.97. The number of benzene rings is 1. The zero-order chi connectivity index (χ0) is 13.2. The third kappa shape index (κ3) is 2.38. The molecule has 0 amide bonds. The molecule has 1 aromatic heterocycles. The van der Waals surface area contributed by atoms with Crippen molar-refractivity contribution in [2.75, 3.05) is 25.6 Å². The number of aromatic nitrogens is 1. The van der Waals surface area contributed by atoms with Crippen molar-refractivity contribution >= 4 is 16.5 Å². The van der Waals surface area contributed by atoms with Crippen LogP contribution in [0.3, 0.4) is 0 Å². The Balaban J connectivity index is 2.01. The maximum absolute atomic E-state index is 5.72. The van der Waals surface area contributed by atoms with E-state index in [1.165, 1.54) is 4.88 Å². The summed E-state index contributed by atoms with van der Waals surface area (Å²) in [4.78, 5) is 5.78. The van der Waals surface area contributed by atoms with Crippen molar-refractivity contribution in [1.82, 2.24) is 4.98 Å². The van der Waals surface area contributed by atoms with Gasteiger partial charge in [-0.05, 0) is 25.1 Å². The normalized spacial score (nSPS) is 14.0. The highest BCUT2D eigenvalue weighted by molar-refractivity contribution is 7.15. The molecule has 0 saturated carbocycles. The molecule has 0 spiro atoms. The average molecular weight is 276 g/mol. The highest BCUT2D eigenvalue weighted by Gasteiger charge is 2.14. The molecule has 0 bridgehead atoms. The lowest BCUT2D eigenvalue weighted by Gasteiger charge is -2.08. The molecule has 2 aromatic rings. The third-order valence-corrected chi connectivity index (χ3v) is 4.02. The van der Waals surface area contributed by atoms with Gasteiger partial charge in [0.2, 0.25) is 0 Å². The number of hydrogen-bond acceptors (Lipinski definition) is 5. The molecular weight excluding hydrogens is 260 g/mol. The van der Waals surface area contributed by atoms with Gasteiger partial charge in [-0.25, -0.2) is 4.98 Å². The molecular formula is C14H16N2O2S. The van der Waals surface area contributed by atoms with Crippen molar-refractivity contribution in [3.05, 3.63) is 23.1 Å². The minimum absolute atomic E-state index is 0.703. The van der Waals surface area contributed by atoms with Crippen LogP contribution in [-0.2, 0) is 0 Å². The average Bonchev–Trinajstić information content (AvgIpc) is 2.66. The zero-order valence-electron chi connectivity index (χ0n) is 11.0. The van der Waals surface area contributed by atoms with E-state index in [-0.39, 0.29) is 0 Å². The summed E-state index contributed by atoms with van der Waals surface area (Å²) in [6.07, 6.45) is 0.920. The summed E-state index contributed by atoms with van der Waals surface area (Å²) in [5, 5.41) is 4.01. The smallest absolute Gasteiger partial charge is 0.183 e. The topological polar surface area (TPSA) is 43.4 Å². The molecule has 0 saturated heterocycles. The summed E-state index contributed by atoms with van der Waals surface area (Å²) in [6, 6.07) is 6.02. The lowest BCUT2D eigenvalue weighted by molar-refractivity contribution is 0.297. The first-order valence-electron chi connectivity index (χ1n) is 6.33. The molecule has 1 aliphatic heterocycles. The van der Waals surface area contributed by atoms with Crippen molar-refractivity contribution in [3.8, 4) is 22.8 Å². The number of rotatable bonds is 2. The fraction of sp³-hybridized carbons (Fsp3) is 0.357. The second kappa shape index (κ2) is 5.09. The van der Waals surface area contributed by atoms with Crippen LogP contribution in [0.2, 0.25) is 0 Å². The van der Waals surface area contributed by atoms with E-state index in [2.05, 4.69) is 17.2 Å². The predicted molar refractivity (Wildman–Crippen MR) is 77.4 cm³/mol. The Bertz CT molecular complexity index is 595. The van der Waals surface area contributed by atoms with Crippen molar-refractivity contribution in [1.29, 1.82) is 0 Å². The monoisotopic (exact) mass is 276 g/mol. The van der Waals surface area contributed by atoms with E-state index in [9.17, 15) is 0 Å². The fourth-order valence-corrected chi connectivity index (χ4v) is 2.87. The number of anilines is 1. The molecule has 1 aromatic carbocycles. The molecule has 1 N–H and O–H groups in total. The van der Waals surface area contributed by atoms with Crippen LogP contribution in [-0.4, -0.2) is 25.2 Å². The van der Waals surface area contributed by atoms with E-state index in [4.69, 9.17) is 9.47 Å². The second-order valence-electron chi connectivity index (χ2n) is 4.39. The van der Waals surface area contributed by atoms with Gasteiger partial charge < -0.3 is 14.8 Å². The van der Waals surface area contributed by atoms with Gasteiger partial charge in [0.25, 0.3) is 0 Å². The van der Waals surface area contributed by atoms with E-state index in [0.29, 0.717) is 13.2 Å². The summed E-state index contributed by atoms with van der Waals surface area (Å²) in [6.45, 7) is 3.50. The first-order chi connectivity index (χ1) is 9.28. The van der Waals surface area contributed by atoms with Crippen LogP contribution < -0.4 is 14.8 Å². The molecule has 0 aliphatic carbocycles. The van der Waals surface area contributed by atoms with Crippen LogP contribution in [0.5, 0.6) is 11.5 Å². The third-order valence-electron chi connectivity index (χ3n) is 3.03. The molecule has 2 heterocycles. The summed E-state index contributed by atoms with van der Waals surface area (Å²) < 4.78 is 11.4. The lowest BCUT2D eigenvalue weighted by atomic mass is 10.1. The largest absolute Gasteiger partial charge is 0.490 e. The van der Waals surface area contributed by atoms with Gasteiger partial charge in [-0.3, -0.25) is 0 Å². The SMILES string of the molecule is CNc1nc(-c2ccc3c(c2)OCCCO3)c(C)s1. The second-order valence-corrected chi connectivity index (χ2v) is 5.59. The van der Waals surface area contributed by atoms with Crippen LogP contribution in [0.25, 0.3) is 11.3 Å². The highest BCUT2D eigenvalue weighted by Crippen LogP contribution is 2.36. The Morgan fingerprint density at radius 1 is 1.21 bits per heavy atom. The Hall–Kier alpha value is -1.75. The van der Waals surface area contributed by atoms with Crippen LogP contribution in [0.1, 0.15) is 11.3 Å². The number of nitrogens with zero attached hydrogens (tertiary/aromatic N) is 1. The van der Waals surface area contributed by atoms with Crippen LogP contribution in [0.15, 0.2) is 18.2 Å². The summed E-state index contributed by atoms with van der Waals surface area (Å²) in [5.41, 5.74) is 2.07. The number of thiazole rings is 1. The van der Waals surface area contributed by atoms with E-state index in [1.54, 1.807) is 11.3 Å². The Kier molecular flexibility index (Phi) is 3.29. The Labute approximate surface area is 116 Å². The first-order valence-corrected chi connectivity index (χ1v) is 7.15. The first kappa shape index (κ1) is 12.3. The predicted octanol–water partition coefficient (Wildman–Crippen LogP) is 3.32. The van der Waals surface area contributed by atoms with E-state index < -0.39 is 0 Å². The number of nitrogens with one attached hydrogen (secondary N) is 1. The Morgan fingerprint density at radius 2 is 2.00 bits per heavy atom. The van der Waals surface area contributed by atoms with Crippen molar-refractivity contribution < 1.29 is 9.47 Å². The molecule has 0 unspecified atom stereocenters. The molecule has 0 radical (unpaired) electrons. The van der Waals surface area contributed by atoms with Gasteiger partial charge in [0.05, 0.1) is 18.9 Å². The van der Waals surface area contributed by atoms with Crippen molar-refractivity contribution in [3.63, 3.8) is 0 Å². The maximum Gasteiger partial charge on any atom is 0.183 e. The molecule has 1 aliphatic rings. The Morgan fingerprint density at radius 3 is 2.74 bits per heavy atom. The molecule has 4 nitrogen and oxygen atoms in total. The van der Waals surface area contributed by atoms with Gasteiger partial charge in [0.15, 0.2) is 16.6 Å². The number of hydrogen-bond donors (Lipinski definition) is 1. The van der Waals surface area contributed by atoms with Crippen LogP contribution >= 0.6 is 11.3 Å². The minimum atomic E-state index is 0.703. The highest BCUT2D eigenvalue weighted by atomic mass is 32.1. The standard InChI is InChI=1S/C14H16N2O2S/c1-9-13(16-14(15-2)19-9)10-4-5-11-12(8-10)18-7-3-6-17-11/h4-5,8H,3,6-7H2,1-2H3,(H,15,16). The van der Waals surface area contributed by atoms with Crippen molar-refractivity contribution in [2.24, 2.45) is 0 Å². The van der Waals surface area contributed by atoms with Gasteiger partial charge in [0.1, 0.15) is 0 Å². The van der Waals surface area contributed by atoms with E-state index >= 15 is 0 Å². The van der Waals surface area contributed by atoms with E-state index in [1.807, 2.05) is 25.2 Å². The van der Waals surface area contributed by atoms with Gasteiger partial charge in [-0.15, -0.1) is 11.3 Å². The van der Waals surface area contributed by atoms with Gasteiger partial charge in [-0.1, -0.05) is 0 Å². The van der Waals surface area contributed by atoms with Gasteiger partial charge in [-0.2, -0.15) is 0 Å². The van der Waals surface area contributed by atoms with Gasteiger partial charge in [0, 0.05) is 23.9 Å². The van der Waals surface area contributed by atoms with E-state index in [0.717, 1.165) is 34.3 Å². The number of ether oxygens (including phenoxy) is 2. The minimum Gasteiger partial charge on any atom is -0.490 e. The molecule has 0 atom stereocenters. The number of aryl methyl sites for hydroxylation is 1. The maximum atomic E-state index is 5.72. The van der Waals surface area contributed by atoms with Crippen LogP contribution in [0, 0.1) is 6.92 Å².